The summed E-state index contributed by atoms with van der Waals surface area (Å²) < 4.78 is 11.5. The topological polar surface area (TPSA) is 18.5 Å². The molecule has 1 aromatic carbocycles. The summed E-state index contributed by atoms with van der Waals surface area (Å²) in [6.07, 6.45) is 14.4. The molecule has 0 heterocycles. The van der Waals surface area contributed by atoms with E-state index in [4.69, 9.17) is 9.47 Å². The summed E-state index contributed by atoms with van der Waals surface area (Å²) in [4.78, 5) is 0. The van der Waals surface area contributed by atoms with E-state index in [2.05, 4.69) is 6.92 Å². The lowest BCUT2D eigenvalue weighted by molar-refractivity contribution is 0.122. The van der Waals surface area contributed by atoms with Crippen LogP contribution in [0.25, 0.3) is 0 Å². The molecule has 2 aliphatic rings. The first-order valence-corrected chi connectivity index (χ1v) is 11.1. The first-order chi connectivity index (χ1) is 12.8. The van der Waals surface area contributed by atoms with Crippen LogP contribution < -0.4 is 9.47 Å². The smallest absolute Gasteiger partial charge is 0.119 e. The van der Waals surface area contributed by atoms with Crippen LogP contribution in [0.1, 0.15) is 78.1 Å². The summed E-state index contributed by atoms with van der Waals surface area (Å²) in [6.45, 7) is 5.94. The minimum Gasteiger partial charge on any atom is -0.494 e. The molecule has 2 aliphatic carbocycles. The third-order valence-electron chi connectivity index (χ3n) is 6.77. The van der Waals surface area contributed by atoms with Gasteiger partial charge in [0.05, 0.1) is 13.2 Å². The average Bonchev–Trinajstić information content (AvgIpc) is 2.69. The molecule has 2 heteroatoms. The molecule has 146 valence electrons. The van der Waals surface area contributed by atoms with Crippen molar-refractivity contribution in [1.82, 2.24) is 0 Å². The lowest BCUT2D eigenvalue weighted by Gasteiger charge is -2.37. The molecule has 2 fully saturated rings. The number of ether oxygens (including phenoxy) is 2. The standard InChI is InChI=1S/C24H38O2/c1-3-5-19-6-10-21(11-7-19)22-12-8-20(9-13-22)18-26-24-16-14-23(15-17-24)25-4-2/h14-17,19-22H,3-13,18H2,1-2H3. The summed E-state index contributed by atoms with van der Waals surface area (Å²) in [5.74, 6) is 5.71. The van der Waals surface area contributed by atoms with E-state index in [-0.39, 0.29) is 0 Å². The number of rotatable bonds is 8. The molecule has 0 unspecified atom stereocenters. The largest absolute Gasteiger partial charge is 0.494 e. The van der Waals surface area contributed by atoms with Gasteiger partial charge in [-0.1, -0.05) is 32.6 Å². The molecular weight excluding hydrogens is 320 g/mol. The lowest BCUT2D eigenvalue weighted by Crippen LogP contribution is -2.27. The molecule has 0 aromatic heterocycles. The molecule has 1 aromatic rings. The van der Waals surface area contributed by atoms with Crippen LogP contribution in [-0.2, 0) is 0 Å². The summed E-state index contributed by atoms with van der Waals surface area (Å²) in [5, 5.41) is 0. The molecule has 3 rings (SSSR count). The van der Waals surface area contributed by atoms with Crippen LogP contribution in [0.15, 0.2) is 24.3 Å². The number of benzene rings is 1. The fourth-order valence-corrected chi connectivity index (χ4v) is 5.20. The van der Waals surface area contributed by atoms with Gasteiger partial charge in [-0.3, -0.25) is 0 Å². The van der Waals surface area contributed by atoms with Gasteiger partial charge in [0, 0.05) is 0 Å². The molecule has 0 amide bonds. The Balaban J connectivity index is 1.35. The monoisotopic (exact) mass is 358 g/mol. The van der Waals surface area contributed by atoms with Gasteiger partial charge in [-0.15, -0.1) is 0 Å². The highest BCUT2D eigenvalue weighted by molar-refractivity contribution is 5.31. The number of hydrogen-bond acceptors (Lipinski definition) is 2. The van der Waals surface area contributed by atoms with Crippen molar-refractivity contribution in [2.45, 2.75) is 78.1 Å². The minimum absolute atomic E-state index is 0.712. The Morgan fingerprint density at radius 2 is 1.19 bits per heavy atom. The molecule has 2 nitrogen and oxygen atoms in total. The van der Waals surface area contributed by atoms with Gasteiger partial charge in [-0.25, -0.2) is 0 Å². The Morgan fingerprint density at radius 1 is 0.692 bits per heavy atom. The van der Waals surface area contributed by atoms with E-state index >= 15 is 0 Å². The van der Waals surface area contributed by atoms with E-state index in [1.54, 1.807) is 0 Å². The summed E-state index contributed by atoms with van der Waals surface area (Å²) >= 11 is 0. The first-order valence-electron chi connectivity index (χ1n) is 11.1. The van der Waals surface area contributed by atoms with E-state index in [0.717, 1.165) is 41.8 Å². The Kier molecular flexibility index (Phi) is 7.70. The normalized spacial score (nSPS) is 29.3. The molecule has 0 bridgehead atoms. The van der Waals surface area contributed by atoms with Crippen molar-refractivity contribution < 1.29 is 9.47 Å². The van der Waals surface area contributed by atoms with Crippen LogP contribution in [0.4, 0.5) is 0 Å². The maximum atomic E-state index is 6.04. The van der Waals surface area contributed by atoms with Crippen molar-refractivity contribution >= 4 is 0 Å². The van der Waals surface area contributed by atoms with Gasteiger partial charge in [0.1, 0.15) is 11.5 Å². The molecule has 2 saturated carbocycles. The third-order valence-corrected chi connectivity index (χ3v) is 6.77. The van der Waals surface area contributed by atoms with Crippen molar-refractivity contribution in [2.24, 2.45) is 23.7 Å². The van der Waals surface area contributed by atoms with E-state index in [1.807, 2.05) is 31.2 Å². The Hall–Kier alpha value is -1.18. The van der Waals surface area contributed by atoms with Crippen LogP contribution in [0.2, 0.25) is 0 Å². The zero-order chi connectivity index (χ0) is 18.2. The predicted molar refractivity (Wildman–Crippen MR) is 109 cm³/mol. The van der Waals surface area contributed by atoms with Crippen LogP contribution in [-0.4, -0.2) is 13.2 Å². The van der Waals surface area contributed by atoms with E-state index in [1.165, 1.54) is 64.2 Å². The predicted octanol–water partition coefficient (Wildman–Crippen LogP) is 6.88. The zero-order valence-electron chi connectivity index (χ0n) is 16.9. The molecular formula is C24H38O2. The average molecular weight is 359 g/mol. The first kappa shape index (κ1) is 19.6. The summed E-state index contributed by atoms with van der Waals surface area (Å²) in [5.41, 5.74) is 0. The second-order valence-electron chi connectivity index (χ2n) is 8.57. The van der Waals surface area contributed by atoms with Crippen molar-refractivity contribution in [2.75, 3.05) is 13.2 Å². The molecule has 0 saturated heterocycles. The molecule has 26 heavy (non-hydrogen) atoms. The highest BCUT2D eigenvalue weighted by atomic mass is 16.5. The van der Waals surface area contributed by atoms with Crippen molar-refractivity contribution in [1.29, 1.82) is 0 Å². The SMILES string of the molecule is CCCC1CCC(C2CCC(COc3ccc(OCC)cc3)CC2)CC1. The molecule has 0 aliphatic heterocycles. The lowest BCUT2D eigenvalue weighted by atomic mass is 9.69. The van der Waals surface area contributed by atoms with Crippen molar-refractivity contribution in [3.8, 4) is 11.5 Å². The quantitative estimate of drug-likeness (QED) is 0.504. The third kappa shape index (κ3) is 5.66. The van der Waals surface area contributed by atoms with Gasteiger partial charge >= 0.3 is 0 Å². The zero-order valence-corrected chi connectivity index (χ0v) is 16.9. The highest BCUT2D eigenvalue weighted by Gasteiger charge is 2.30. The van der Waals surface area contributed by atoms with Gasteiger partial charge in [0.15, 0.2) is 0 Å². The van der Waals surface area contributed by atoms with Gasteiger partial charge in [0.2, 0.25) is 0 Å². The highest BCUT2D eigenvalue weighted by Crippen LogP contribution is 2.42. The Morgan fingerprint density at radius 3 is 1.69 bits per heavy atom. The summed E-state index contributed by atoms with van der Waals surface area (Å²) in [7, 11) is 0. The Bertz CT molecular complexity index is 493. The minimum atomic E-state index is 0.712. The second kappa shape index (κ2) is 10.2. The molecule has 0 N–H and O–H groups in total. The van der Waals surface area contributed by atoms with Crippen molar-refractivity contribution in [3.63, 3.8) is 0 Å². The van der Waals surface area contributed by atoms with E-state index in [9.17, 15) is 0 Å². The maximum Gasteiger partial charge on any atom is 0.119 e. The van der Waals surface area contributed by atoms with Crippen LogP contribution in [0, 0.1) is 23.7 Å². The van der Waals surface area contributed by atoms with Gasteiger partial charge in [0.25, 0.3) is 0 Å². The van der Waals surface area contributed by atoms with Crippen LogP contribution in [0.3, 0.4) is 0 Å². The van der Waals surface area contributed by atoms with Gasteiger partial charge in [-0.2, -0.15) is 0 Å². The fourth-order valence-electron chi connectivity index (χ4n) is 5.20. The fraction of sp³-hybridized carbons (Fsp3) is 0.750. The molecule has 0 spiro atoms. The number of hydrogen-bond donors (Lipinski definition) is 0. The maximum absolute atomic E-state index is 6.04. The van der Waals surface area contributed by atoms with Gasteiger partial charge < -0.3 is 9.47 Å². The molecule has 0 radical (unpaired) electrons. The summed E-state index contributed by atoms with van der Waals surface area (Å²) in [6, 6.07) is 8.08. The van der Waals surface area contributed by atoms with Gasteiger partial charge in [-0.05, 0) is 93.4 Å². The Labute approximate surface area is 160 Å². The van der Waals surface area contributed by atoms with E-state index < -0.39 is 0 Å². The molecule has 0 atom stereocenters. The second-order valence-corrected chi connectivity index (χ2v) is 8.57. The van der Waals surface area contributed by atoms with Crippen LogP contribution >= 0.6 is 0 Å². The van der Waals surface area contributed by atoms with Crippen molar-refractivity contribution in [3.05, 3.63) is 24.3 Å². The van der Waals surface area contributed by atoms with E-state index in [0.29, 0.717) is 6.61 Å². The van der Waals surface area contributed by atoms with Crippen LogP contribution in [0.5, 0.6) is 11.5 Å².